The van der Waals surface area contributed by atoms with Crippen molar-refractivity contribution in [1.29, 1.82) is 0 Å². The zero-order valence-electron chi connectivity index (χ0n) is 12.4. The van der Waals surface area contributed by atoms with Crippen LogP contribution in [0.15, 0.2) is 0 Å². The van der Waals surface area contributed by atoms with Gasteiger partial charge in [0.1, 0.15) is 0 Å². The highest BCUT2D eigenvalue weighted by Gasteiger charge is 2.24. The highest BCUT2D eigenvalue weighted by Crippen LogP contribution is 2.21. The molecule has 1 aliphatic rings. The molecule has 0 aromatic heterocycles. The quantitative estimate of drug-likeness (QED) is 0.644. The van der Waals surface area contributed by atoms with Gasteiger partial charge in [0, 0.05) is 6.54 Å². The average molecular weight is 257 g/mol. The van der Waals surface area contributed by atoms with Crippen molar-refractivity contribution in [2.24, 2.45) is 0 Å². The lowest BCUT2D eigenvalue weighted by molar-refractivity contribution is -0.101. The monoisotopic (exact) mass is 257 g/mol. The van der Waals surface area contributed by atoms with E-state index in [0.29, 0.717) is 18.3 Å². The van der Waals surface area contributed by atoms with Crippen molar-refractivity contribution in [3.8, 4) is 0 Å². The molecule has 1 heterocycles. The highest BCUT2D eigenvalue weighted by molar-refractivity contribution is 4.73. The minimum atomic E-state index is 0.348. The lowest BCUT2D eigenvalue weighted by atomic mass is 10.0. The normalized spacial score (nSPS) is 28.5. The van der Waals surface area contributed by atoms with Crippen molar-refractivity contribution in [1.82, 2.24) is 5.32 Å². The molecule has 3 nitrogen and oxygen atoms in total. The number of unbranched alkanes of at least 4 members (excludes halogenated alkanes) is 3. The average Bonchev–Trinajstić information content (AvgIpc) is 2.31. The van der Waals surface area contributed by atoms with Gasteiger partial charge in [0.05, 0.1) is 24.9 Å². The van der Waals surface area contributed by atoms with Crippen LogP contribution >= 0.6 is 0 Å². The van der Waals surface area contributed by atoms with E-state index in [-0.39, 0.29) is 0 Å². The summed E-state index contributed by atoms with van der Waals surface area (Å²) in [5, 5.41) is 3.45. The second kappa shape index (κ2) is 9.76. The predicted molar refractivity (Wildman–Crippen MR) is 76.0 cm³/mol. The Labute approximate surface area is 113 Å². The minimum Gasteiger partial charge on any atom is -0.377 e. The van der Waals surface area contributed by atoms with E-state index in [0.717, 1.165) is 32.5 Å². The molecule has 0 aliphatic carbocycles. The van der Waals surface area contributed by atoms with Crippen LogP contribution in [0.4, 0.5) is 0 Å². The molecular formula is C15H31NO2. The van der Waals surface area contributed by atoms with Gasteiger partial charge in [0.15, 0.2) is 0 Å². The first-order valence-electron chi connectivity index (χ1n) is 7.70. The molecule has 2 atom stereocenters. The third kappa shape index (κ3) is 7.34. The largest absolute Gasteiger partial charge is 0.377 e. The topological polar surface area (TPSA) is 30.5 Å². The second-order valence-corrected chi connectivity index (χ2v) is 5.53. The molecule has 2 unspecified atom stereocenters. The molecule has 0 saturated carbocycles. The van der Waals surface area contributed by atoms with Crippen LogP contribution < -0.4 is 5.32 Å². The van der Waals surface area contributed by atoms with Gasteiger partial charge in [-0.1, -0.05) is 26.2 Å². The molecule has 0 bridgehead atoms. The Kier molecular flexibility index (Phi) is 8.64. The Bertz CT molecular complexity index is 189. The van der Waals surface area contributed by atoms with Crippen LogP contribution in [-0.2, 0) is 9.47 Å². The molecule has 3 heteroatoms. The van der Waals surface area contributed by atoms with Gasteiger partial charge in [-0.05, 0) is 39.7 Å². The van der Waals surface area contributed by atoms with E-state index in [9.17, 15) is 0 Å². The van der Waals surface area contributed by atoms with E-state index in [1.54, 1.807) is 0 Å². The zero-order chi connectivity index (χ0) is 13.2. The fourth-order valence-electron chi connectivity index (χ4n) is 2.58. The molecular weight excluding hydrogens is 226 g/mol. The van der Waals surface area contributed by atoms with Crippen LogP contribution in [-0.4, -0.2) is 38.0 Å². The Balaban J connectivity index is 1.91. The molecule has 1 fully saturated rings. The molecule has 0 aromatic carbocycles. The Morgan fingerprint density at radius 3 is 2.44 bits per heavy atom. The van der Waals surface area contributed by atoms with E-state index in [2.05, 4.69) is 26.1 Å². The maximum atomic E-state index is 5.91. The van der Waals surface area contributed by atoms with Gasteiger partial charge in [0.2, 0.25) is 0 Å². The van der Waals surface area contributed by atoms with Gasteiger partial charge in [0.25, 0.3) is 0 Å². The minimum absolute atomic E-state index is 0.348. The summed E-state index contributed by atoms with van der Waals surface area (Å²) in [4.78, 5) is 0. The maximum Gasteiger partial charge on any atom is 0.0625 e. The predicted octanol–water partition coefficient (Wildman–Crippen LogP) is 3.13. The van der Waals surface area contributed by atoms with Gasteiger partial charge in [-0.25, -0.2) is 0 Å². The van der Waals surface area contributed by atoms with E-state index in [1.807, 2.05) is 0 Å². The standard InChI is InChI=1S/C15H31NO2/c1-4-5-6-7-8-16-9-10-17-15-11-13(2)18-14(3)12-15/h13-16H,4-12H2,1-3H3. The van der Waals surface area contributed by atoms with Gasteiger partial charge in [-0.2, -0.15) is 0 Å². The van der Waals surface area contributed by atoms with Crippen molar-refractivity contribution in [2.75, 3.05) is 19.7 Å². The van der Waals surface area contributed by atoms with E-state index in [4.69, 9.17) is 9.47 Å². The van der Waals surface area contributed by atoms with Crippen LogP contribution in [0, 0.1) is 0 Å². The zero-order valence-corrected chi connectivity index (χ0v) is 12.4. The van der Waals surface area contributed by atoms with Crippen molar-refractivity contribution in [3.63, 3.8) is 0 Å². The van der Waals surface area contributed by atoms with Crippen LogP contribution in [0.5, 0.6) is 0 Å². The fraction of sp³-hybridized carbons (Fsp3) is 1.00. The summed E-state index contributed by atoms with van der Waals surface area (Å²) in [6.45, 7) is 9.46. The van der Waals surface area contributed by atoms with Crippen LogP contribution in [0.3, 0.4) is 0 Å². The summed E-state index contributed by atoms with van der Waals surface area (Å²) in [6, 6.07) is 0. The van der Waals surface area contributed by atoms with Crippen molar-refractivity contribution in [3.05, 3.63) is 0 Å². The third-order valence-corrected chi connectivity index (χ3v) is 3.49. The fourth-order valence-corrected chi connectivity index (χ4v) is 2.58. The summed E-state index contributed by atoms with van der Waals surface area (Å²) >= 11 is 0. The first-order chi connectivity index (χ1) is 8.72. The Morgan fingerprint density at radius 2 is 1.78 bits per heavy atom. The number of hydrogen-bond acceptors (Lipinski definition) is 3. The summed E-state index contributed by atoms with van der Waals surface area (Å²) in [7, 11) is 0. The van der Waals surface area contributed by atoms with Crippen molar-refractivity contribution >= 4 is 0 Å². The first kappa shape index (κ1) is 15.9. The third-order valence-electron chi connectivity index (χ3n) is 3.49. The van der Waals surface area contributed by atoms with Gasteiger partial charge in [-0.3, -0.25) is 0 Å². The van der Waals surface area contributed by atoms with Gasteiger partial charge < -0.3 is 14.8 Å². The SMILES string of the molecule is CCCCCCNCCOC1CC(C)OC(C)C1. The smallest absolute Gasteiger partial charge is 0.0625 e. The second-order valence-electron chi connectivity index (χ2n) is 5.53. The molecule has 1 saturated heterocycles. The van der Waals surface area contributed by atoms with E-state index < -0.39 is 0 Å². The summed E-state index contributed by atoms with van der Waals surface area (Å²) in [6.07, 6.45) is 8.48. The first-order valence-corrected chi connectivity index (χ1v) is 7.70. The number of nitrogens with one attached hydrogen (secondary N) is 1. The molecule has 0 aromatic rings. The van der Waals surface area contributed by atoms with Crippen LogP contribution in [0.2, 0.25) is 0 Å². The molecule has 0 amide bonds. The van der Waals surface area contributed by atoms with Crippen LogP contribution in [0.1, 0.15) is 59.3 Å². The summed E-state index contributed by atoms with van der Waals surface area (Å²) < 4.78 is 11.6. The Hall–Kier alpha value is -0.120. The molecule has 0 spiro atoms. The summed E-state index contributed by atoms with van der Waals surface area (Å²) in [5.74, 6) is 0. The molecule has 108 valence electrons. The van der Waals surface area contributed by atoms with Crippen molar-refractivity contribution in [2.45, 2.75) is 77.6 Å². The van der Waals surface area contributed by atoms with E-state index >= 15 is 0 Å². The summed E-state index contributed by atoms with van der Waals surface area (Å²) in [5.41, 5.74) is 0. The molecule has 1 aliphatic heterocycles. The molecule has 0 radical (unpaired) electrons. The van der Waals surface area contributed by atoms with Crippen molar-refractivity contribution < 1.29 is 9.47 Å². The molecule has 18 heavy (non-hydrogen) atoms. The number of hydrogen-bond donors (Lipinski definition) is 1. The number of ether oxygens (including phenoxy) is 2. The lowest BCUT2D eigenvalue weighted by Crippen LogP contribution is -2.35. The lowest BCUT2D eigenvalue weighted by Gasteiger charge is -2.32. The Morgan fingerprint density at radius 1 is 1.06 bits per heavy atom. The van der Waals surface area contributed by atoms with Crippen LogP contribution in [0.25, 0.3) is 0 Å². The van der Waals surface area contributed by atoms with Gasteiger partial charge >= 0.3 is 0 Å². The van der Waals surface area contributed by atoms with E-state index in [1.165, 1.54) is 25.7 Å². The molecule has 1 rings (SSSR count). The molecule has 1 N–H and O–H groups in total. The maximum absolute atomic E-state index is 5.91. The van der Waals surface area contributed by atoms with Gasteiger partial charge in [-0.15, -0.1) is 0 Å². The highest BCUT2D eigenvalue weighted by atomic mass is 16.5. The number of rotatable bonds is 9.